The van der Waals surface area contributed by atoms with Gasteiger partial charge in [0.1, 0.15) is 5.03 Å². The summed E-state index contributed by atoms with van der Waals surface area (Å²) in [6.07, 6.45) is 1.84. The summed E-state index contributed by atoms with van der Waals surface area (Å²) < 4.78 is 0. The van der Waals surface area contributed by atoms with E-state index < -0.39 is 0 Å². The Morgan fingerprint density at radius 3 is 1.93 bits per heavy atom. The Hall–Kier alpha value is -1.36. The van der Waals surface area contributed by atoms with Crippen molar-refractivity contribution in [2.75, 3.05) is 65.9 Å². The molecule has 1 heterocycles. The quantitative estimate of drug-likeness (QED) is 0.192. The molecule has 10 heteroatoms. The number of nitrogens with one attached hydrogen (secondary N) is 2. The van der Waals surface area contributed by atoms with E-state index in [9.17, 15) is 9.59 Å². The highest BCUT2D eigenvalue weighted by molar-refractivity contribution is 8.00. The summed E-state index contributed by atoms with van der Waals surface area (Å²) in [4.78, 5) is 36.9. The Morgan fingerprint density at radius 2 is 1.41 bits per heavy atom. The molecule has 0 bridgehead atoms. The topological polar surface area (TPSA) is 90.5 Å². The van der Waals surface area contributed by atoms with Crippen molar-refractivity contribution in [3.63, 3.8) is 0 Å². The van der Waals surface area contributed by atoms with E-state index in [0.717, 1.165) is 36.7 Å². The van der Waals surface area contributed by atoms with Gasteiger partial charge in [0.15, 0.2) is 5.16 Å². The number of aryl methyl sites for hydroxylation is 1. The number of aromatic nitrogens is 2. The minimum Gasteiger partial charge on any atom is -0.355 e. The van der Waals surface area contributed by atoms with Crippen LogP contribution in [-0.2, 0) is 9.59 Å². The van der Waals surface area contributed by atoms with Crippen LogP contribution in [0.2, 0.25) is 0 Å². The Bertz CT molecular complexity index is 593. The predicted octanol–water partition coefficient (Wildman–Crippen LogP) is 1.11. The van der Waals surface area contributed by atoms with Crippen LogP contribution in [0.15, 0.2) is 16.2 Å². The maximum absolute atomic E-state index is 12.0. The average molecular weight is 443 g/mol. The summed E-state index contributed by atoms with van der Waals surface area (Å²) in [6.45, 7) is 5.11. The summed E-state index contributed by atoms with van der Waals surface area (Å²) in [7, 11) is 8.05. The third kappa shape index (κ3) is 13.5. The van der Waals surface area contributed by atoms with Gasteiger partial charge < -0.3 is 20.4 Å². The molecule has 0 atom stereocenters. The normalized spacial score (nSPS) is 11.1. The lowest BCUT2D eigenvalue weighted by Crippen LogP contribution is -2.28. The second-order valence-electron chi connectivity index (χ2n) is 7.22. The van der Waals surface area contributed by atoms with Gasteiger partial charge in [-0.05, 0) is 67.1 Å². The van der Waals surface area contributed by atoms with Gasteiger partial charge in [-0.2, -0.15) is 0 Å². The van der Waals surface area contributed by atoms with E-state index in [1.54, 1.807) is 0 Å². The molecule has 0 radical (unpaired) electrons. The molecule has 2 N–H and O–H groups in total. The van der Waals surface area contributed by atoms with E-state index in [1.807, 2.05) is 41.2 Å². The van der Waals surface area contributed by atoms with E-state index in [1.165, 1.54) is 23.5 Å². The standard InChI is InChI=1S/C19H34N6O2S2/c1-15-12-18(28-13-16(26)20-8-6-10-24(2)3)23-19(22-15)29-14-17(27)21-9-7-11-25(4)5/h12H,6-11,13-14H2,1-5H3,(H,20,26)(H,21,27). The SMILES string of the molecule is Cc1cc(SCC(=O)NCCCN(C)C)nc(SCC(=O)NCCCN(C)C)n1. The molecule has 1 rings (SSSR count). The zero-order valence-corrected chi connectivity index (χ0v) is 19.8. The third-order valence-corrected chi connectivity index (χ3v) is 5.46. The van der Waals surface area contributed by atoms with E-state index >= 15 is 0 Å². The molecule has 164 valence electrons. The fourth-order valence-electron chi connectivity index (χ4n) is 2.27. The molecule has 0 aliphatic heterocycles. The average Bonchev–Trinajstić information content (AvgIpc) is 2.64. The molecular weight excluding hydrogens is 408 g/mol. The van der Waals surface area contributed by atoms with Gasteiger partial charge in [0.2, 0.25) is 11.8 Å². The highest BCUT2D eigenvalue weighted by Crippen LogP contribution is 2.20. The highest BCUT2D eigenvalue weighted by atomic mass is 32.2. The molecule has 0 aromatic carbocycles. The van der Waals surface area contributed by atoms with Gasteiger partial charge in [-0.1, -0.05) is 23.5 Å². The van der Waals surface area contributed by atoms with Gasteiger partial charge in [0, 0.05) is 18.8 Å². The van der Waals surface area contributed by atoms with E-state index in [0.29, 0.717) is 24.0 Å². The van der Waals surface area contributed by atoms with Crippen molar-refractivity contribution in [3.8, 4) is 0 Å². The summed E-state index contributed by atoms with van der Waals surface area (Å²) >= 11 is 2.69. The van der Waals surface area contributed by atoms with Crippen molar-refractivity contribution in [2.24, 2.45) is 0 Å². The molecule has 0 spiro atoms. The van der Waals surface area contributed by atoms with Crippen molar-refractivity contribution in [2.45, 2.75) is 29.9 Å². The first-order valence-electron chi connectivity index (χ1n) is 9.70. The Kier molecular flexibility index (Phi) is 12.9. The predicted molar refractivity (Wildman–Crippen MR) is 121 cm³/mol. The summed E-state index contributed by atoms with van der Waals surface area (Å²) in [5.41, 5.74) is 0.822. The smallest absolute Gasteiger partial charge is 0.230 e. The zero-order chi connectivity index (χ0) is 21.6. The Labute approximate surface area is 183 Å². The minimum atomic E-state index is -0.0230. The van der Waals surface area contributed by atoms with Gasteiger partial charge in [-0.3, -0.25) is 9.59 Å². The molecule has 1 aromatic heterocycles. The van der Waals surface area contributed by atoms with Crippen LogP contribution in [0.3, 0.4) is 0 Å². The molecule has 29 heavy (non-hydrogen) atoms. The first kappa shape index (κ1) is 25.7. The number of hydrogen-bond donors (Lipinski definition) is 2. The summed E-state index contributed by atoms with van der Waals surface area (Å²) in [5.74, 6) is 0.568. The van der Waals surface area contributed by atoms with E-state index in [-0.39, 0.29) is 17.6 Å². The lowest BCUT2D eigenvalue weighted by molar-refractivity contribution is -0.119. The molecular formula is C19H34N6O2S2. The molecule has 0 fully saturated rings. The molecule has 1 aromatic rings. The van der Waals surface area contributed by atoms with Crippen molar-refractivity contribution < 1.29 is 9.59 Å². The molecule has 8 nitrogen and oxygen atoms in total. The fourth-order valence-corrected chi connectivity index (χ4v) is 3.85. The first-order valence-corrected chi connectivity index (χ1v) is 11.7. The summed E-state index contributed by atoms with van der Waals surface area (Å²) in [6, 6.07) is 1.86. The van der Waals surface area contributed by atoms with Crippen LogP contribution in [0.5, 0.6) is 0 Å². The van der Waals surface area contributed by atoms with Crippen molar-refractivity contribution in [1.82, 2.24) is 30.4 Å². The maximum atomic E-state index is 12.0. The minimum absolute atomic E-state index is 0.00340. The van der Waals surface area contributed by atoms with Crippen LogP contribution < -0.4 is 10.6 Å². The van der Waals surface area contributed by atoms with Crippen LogP contribution in [0, 0.1) is 6.92 Å². The second-order valence-corrected chi connectivity index (χ2v) is 9.16. The van der Waals surface area contributed by atoms with E-state index in [2.05, 4.69) is 30.4 Å². The van der Waals surface area contributed by atoms with Crippen LogP contribution in [0.4, 0.5) is 0 Å². The number of carbonyl (C=O) groups excluding carboxylic acids is 2. The van der Waals surface area contributed by atoms with Gasteiger partial charge >= 0.3 is 0 Å². The number of carbonyl (C=O) groups is 2. The zero-order valence-electron chi connectivity index (χ0n) is 18.2. The van der Waals surface area contributed by atoms with Crippen molar-refractivity contribution in [1.29, 1.82) is 0 Å². The Balaban J connectivity index is 2.36. The maximum Gasteiger partial charge on any atom is 0.230 e. The third-order valence-electron chi connectivity index (χ3n) is 3.70. The van der Waals surface area contributed by atoms with Gasteiger partial charge in [0.25, 0.3) is 0 Å². The molecule has 0 saturated heterocycles. The number of thioether (sulfide) groups is 2. The van der Waals surface area contributed by atoms with Crippen LogP contribution in [0.25, 0.3) is 0 Å². The first-order chi connectivity index (χ1) is 13.8. The number of amides is 2. The van der Waals surface area contributed by atoms with Crippen molar-refractivity contribution >= 4 is 35.3 Å². The second kappa shape index (κ2) is 14.6. The lowest BCUT2D eigenvalue weighted by atomic mass is 10.4. The summed E-state index contributed by atoms with van der Waals surface area (Å²) in [5, 5.41) is 7.13. The van der Waals surface area contributed by atoms with Gasteiger partial charge in [0.05, 0.1) is 11.5 Å². The van der Waals surface area contributed by atoms with Gasteiger partial charge in [-0.25, -0.2) is 9.97 Å². The largest absolute Gasteiger partial charge is 0.355 e. The highest BCUT2D eigenvalue weighted by Gasteiger charge is 2.09. The molecule has 0 aliphatic carbocycles. The Morgan fingerprint density at radius 1 is 0.897 bits per heavy atom. The van der Waals surface area contributed by atoms with Gasteiger partial charge in [-0.15, -0.1) is 0 Å². The number of rotatable bonds is 14. The van der Waals surface area contributed by atoms with Crippen LogP contribution >= 0.6 is 23.5 Å². The fraction of sp³-hybridized carbons (Fsp3) is 0.684. The lowest BCUT2D eigenvalue weighted by Gasteiger charge is -2.10. The van der Waals surface area contributed by atoms with Crippen LogP contribution in [0.1, 0.15) is 18.5 Å². The van der Waals surface area contributed by atoms with Crippen LogP contribution in [-0.4, -0.2) is 97.5 Å². The monoisotopic (exact) mass is 442 g/mol. The number of hydrogen-bond acceptors (Lipinski definition) is 8. The molecule has 0 unspecified atom stereocenters. The van der Waals surface area contributed by atoms with Crippen molar-refractivity contribution in [3.05, 3.63) is 11.8 Å². The number of nitrogens with zero attached hydrogens (tertiary/aromatic N) is 4. The molecule has 0 saturated carbocycles. The molecule has 0 aliphatic rings. The van der Waals surface area contributed by atoms with E-state index in [4.69, 9.17) is 0 Å². The molecule has 2 amide bonds.